The molecule has 0 radical (unpaired) electrons. The maximum Gasteiger partial charge on any atom is 0.108 e. The maximum atomic E-state index is 2.29. The Hall–Kier alpha value is 0.350. The topological polar surface area (TPSA) is 0 Å². The standard InChI is InChI=1S/C10H21S/c1-2-3-4-5-8-11-9-6-7-10-11/h2-10H2,1H3/q+1. The zero-order valence-electron chi connectivity index (χ0n) is 7.77. The van der Waals surface area contributed by atoms with Crippen molar-refractivity contribution in [3.05, 3.63) is 0 Å². The first-order valence-electron chi connectivity index (χ1n) is 5.07. The maximum absolute atomic E-state index is 2.29. The summed E-state index contributed by atoms with van der Waals surface area (Å²) >= 11 is 0. The molecule has 0 bridgehead atoms. The molecular formula is C10H21S+. The van der Waals surface area contributed by atoms with Gasteiger partial charge in [-0.3, -0.25) is 0 Å². The zero-order valence-corrected chi connectivity index (χ0v) is 8.59. The number of hydrogen-bond donors (Lipinski definition) is 0. The molecule has 1 aliphatic rings. The molecule has 11 heavy (non-hydrogen) atoms. The Morgan fingerprint density at radius 1 is 1.00 bits per heavy atom. The molecule has 66 valence electrons. The minimum Gasteiger partial charge on any atom is -0.0654 e. The van der Waals surface area contributed by atoms with Crippen molar-refractivity contribution in [2.45, 2.75) is 45.4 Å². The Kier molecular flexibility index (Phi) is 5.09. The van der Waals surface area contributed by atoms with Crippen LogP contribution < -0.4 is 0 Å². The highest BCUT2D eigenvalue weighted by molar-refractivity contribution is 7.97. The van der Waals surface area contributed by atoms with Crippen molar-refractivity contribution >= 4 is 10.9 Å². The Morgan fingerprint density at radius 3 is 2.36 bits per heavy atom. The van der Waals surface area contributed by atoms with Crippen molar-refractivity contribution in [3.8, 4) is 0 Å². The van der Waals surface area contributed by atoms with E-state index in [2.05, 4.69) is 6.92 Å². The minimum absolute atomic E-state index is 0.869. The van der Waals surface area contributed by atoms with Crippen LogP contribution in [0.15, 0.2) is 0 Å². The van der Waals surface area contributed by atoms with Crippen LogP contribution in [0.3, 0.4) is 0 Å². The van der Waals surface area contributed by atoms with Gasteiger partial charge in [-0.15, -0.1) is 0 Å². The van der Waals surface area contributed by atoms with Crippen molar-refractivity contribution in [1.82, 2.24) is 0 Å². The van der Waals surface area contributed by atoms with Crippen molar-refractivity contribution in [2.75, 3.05) is 17.3 Å². The van der Waals surface area contributed by atoms with E-state index < -0.39 is 0 Å². The van der Waals surface area contributed by atoms with Gasteiger partial charge in [0.15, 0.2) is 0 Å². The Labute approximate surface area is 74.1 Å². The summed E-state index contributed by atoms with van der Waals surface area (Å²) < 4.78 is 0. The largest absolute Gasteiger partial charge is 0.108 e. The second-order valence-corrected chi connectivity index (χ2v) is 5.94. The lowest BCUT2D eigenvalue weighted by Gasteiger charge is -1.99. The van der Waals surface area contributed by atoms with E-state index in [1.165, 1.54) is 38.5 Å². The summed E-state index contributed by atoms with van der Waals surface area (Å²) in [5.74, 6) is 4.68. The van der Waals surface area contributed by atoms with Crippen LogP contribution in [0, 0.1) is 0 Å². The molecule has 1 rings (SSSR count). The summed E-state index contributed by atoms with van der Waals surface area (Å²) in [4.78, 5) is 0. The first-order valence-corrected chi connectivity index (χ1v) is 6.81. The summed E-state index contributed by atoms with van der Waals surface area (Å²) in [7, 11) is 0.869. The summed E-state index contributed by atoms with van der Waals surface area (Å²) in [6, 6.07) is 0. The van der Waals surface area contributed by atoms with E-state index in [-0.39, 0.29) is 0 Å². The predicted molar refractivity (Wildman–Crippen MR) is 55.3 cm³/mol. The molecule has 0 N–H and O–H groups in total. The number of unbranched alkanes of at least 4 members (excludes halogenated alkanes) is 3. The van der Waals surface area contributed by atoms with Gasteiger partial charge >= 0.3 is 0 Å². The fourth-order valence-corrected chi connectivity index (χ4v) is 4.10. The van der Waals surface area contributed by atoms with Gasteiger partial charge in [-0.05, 0) is 36.6 Å². The average molecular weight is 173 g/mol. The lowest BCUT2D eigenvalue weighted by molar-refractivity contribution is 0.705. The molecule has 0 unspecified atom stereocenters. The summed E-state index contributed by atoms with van der Waals surface area (Å²) in [5, 5.41) is 0. The Balaban J connectivity index is 1.86. The molecule has 0 aromatic carbocycles. The Bertz CT molecular complexity index is 84.9. The first-order chi connectivity index (χ1) is 5.43. The molecule has 1 aliphatic heterocycles. The lowest BCUT2D eigenvalue weighted by Crippen LogP contribution is -2.08. The molecule has 0 aromatic heterocycles. The van der Waals surface area contributed by atoms with Gasteiger partial charge < -0.3 is 0 Å². The highest BCUT2D eigenvalue weighted by atomic mass is 32.2. The van der Waals surface area contributed by atoms with Gasteiger partial charge in [0.2, 0.25) is 0 Å². The molecule has 0 amide bonds. The van der Waals surface area contributed by atoms with Gasteiger partial charge in [0.05, 0.1) is 0 Å². The van der Waals surface area contributed by atoms with Crippen LogP contribution in [0.25, 0.3) is 0 Å². The molecule has 1 saturated heterocycles. The van der Waals surface area contributed by atoms with Crippen LogP contribution in [-0.2, 0) is 10.9 Å². The number of hydrogen-bond acceptors (Lipinski definition) is 0. The molecule has 0 atom stereocenters. The van der Waals surface area contributed by atoms with Crippen molar-refractivity contribution in [2.24, 2.45) is 0 Å². The van der Waals surface area contributed by atoms with Gasteiger partial charge in [-0.2, -0.15) is 0 Å². The van der Waals surface area contributed by atoms with Crippen LogP contribution in [0.2, 0.25) is 0 Å². The predicted octanol–water partition coefficient (Wildman–Crippen LogP) is 2.98. The molecule has 0 spiro atoms. The molecule has 0 nitrogen and oxygen atoms in total. The van der Waals surface area contributed by atoms with Crippen molar-refractivity contribution in [1.29, 1.82) is 0 Å². The quantitative estimate of drug-likeness (QED) is 0.443. The van der Waals surface area contributed by atoms with E-state index in [1.807, 2.05) is 0 Å². The van der Waals surface area contributed by atoms with E-state index in [0.29, 0.717) is 0 Å². The third-order valence-electron chi connectivity index (χ3n) is 2.40. The second-order valence-electron chi connectivity index (χ2n) is 3.49. The first kappa shape index (κ1) is 9.44. The van der Waals surface area contributed by atoms with Crippen LogP contribution in [0.1, 0.15) is 45.4 Å². The van der Waals surface area contributed by atoms with E-state index in [9.17, 15) is 0 Å². The van der Waals surface area contributed by atoms with Crippen molar-refractivity contribution < 1.29 is 0 Å². The minimum atomic E-state index is 0.869. The van der Waals surface area contributed by atoms with Gasteiger partial charge in [-0.25, -0.2) is 0 Å². The van der Waals surface area contributed by atoms with E-state index in [4.69, 9.17) is 0 Å². The smallest absolute Gasteiger partial charge is 0.0654 e. The highest BCUT2D eigenvalue weighted by Gasteiger charge is 2.22. The third kappa shape index (κ3) is 4.05. The fourth-order valence-electron chi connectivity index (χ4n) is 1.65. The molecule has 1 heterocycles. The van der Waals surface area contributed by atoms with Crippen LogP contribution >= 0.6 is 0 Å². The third-order valence-corrected chi connectivity index (χ3v) is 5.00. The molecule has 0 aliphatic carbocycles. The van der Waals surface area contributed by atoms with Gasteiger partial charge in [0.1, 0.15) is 17.3 Å². The molecule has 0 saturated carbocycles. The summed E-state index contributed by atoms with van der Waals surface area (Å²) in [5.41, 5.74) is 0. The van der Waals surface area contributed by atoms with Crippen LogP contribution in [0.4, 0.5) is 0 Å². The van der Waals surface area contributed by atoms with E-state index >= 15 is 0 Å². The van der Waals surface area contributed by atoms with Crippen LogP contribution in [-0.4, -0.2) is 17.3 Å². The zero-order chi connectivity index (χ0) is 7.94. The number of rotatable bonds is 5. The van der Waals surface area contributed by atoms with Crippen molar-refractivity contribution in [3.63, 3.8) is 0 Å². The molecule has 1 heteroatoms. The molecule has 1 fully saturated rings. The second kappa shape index (κ2) is 5.93. The highest BCUT2D eigenvalue weighted by Crippen LogP contribution is 2.15. The summed E-state index contributed by atoms with van der Waals surface area (Å²) in [6.07, 6.45) is 8.88. The Morgan fingerprint density at radius 2 is 1.73 bits per heavy atom. The lowest BCUT2D eigenvalue weighted by atomic mass is 10.2. The molecule has 0 aromatic rings. The van der Waals surface area contributed by atoms with Gasteiger partial charge in [-0.1, -0.05) is 19.8 Å². The fraction of sp³-hybridized carbons (Fsp3) is 1.00. The SMILES string of the molecule is CCCCCC[S+]1CCCC1. The average Bonchev–Trinajstić information content (AvgIpc) is 2.50. The van der Waals surface area contributed by atoms with E-state index in [0.717, 1.165) is 10.9 Å². The van der Waals surface area contributed by atoms with Gasteiger partial charge in [0.25, 0.3) is 0 Å². The summed E-state index contributed by atoms with van der Waals surface area (Å²) in [6.45, 7) is 2.29. The monoisotopic (exact) mass is 173 g/mol. The normalized spacial score (nSPS) is 19.4. The van der Waals surface area contributed by atoms with Gasteiger partial charge in [0, 0.05) is 0 Å². The van der Waals surface area contributed by atoms with E-state index in [1.54, 1.807) is 17.3 Å². The molecular weight excluding hydrogens is 152 g/mol. The van der Waals surface area contributed by atoms with Crippen LogP contribution in [0.5, 0.6) is 0 Å².